The number of likely N-dealkylation sites (tertiary alicyclic amines) is 1. The molecule has 2 aromatic heterocycles. The number of hydrogen-bond donors (Lipinski definition) is 1. The van der Waals surface area contributed by atoms with Crippen molar-refractivity contribution in [2.75, 3.05) is 38.1 Å². The molecule has 31 heavy (non-hydrogen) atoms. The summed E-state index contributed by atoms with van der Waals surface area (Å²) in [7, 11) is 1.86. The fourth-order valence-electron chi connectivity index (χ4n) is 4.68. The van der Waals surface area contributed by atoms with Crippen LogP contribution in [0.5, 0.6) is 0 Å². The highest BCUT2D eigenvalue weighted by Crippen LogP contribution is 2.27. The minimum atomic E-state index is 0.230. The molecule has 1 N–H and O–H groups in total. The van der Waals surface area contributed by atoms with Gasteiger partial charge in [0.2, 0.25) is 0 Å². The van der Waals surface area contributed by atoms with Gasteiger partial charge in [-0.3, -0.25) is 4.99 Å². The van der Waals surface area contributed by atoms with Crippen molar-refractivity contribution in [2.24, 2.45) is 10.9 Å². The van der Waals surface area contributed by atoms with Crippen LogP contribution in [0.2, 0.25) is 0 Å². The molecule has 4 rings (SSSR count). The van der Waals surface area contributed by atoms with Crippen LogP contribution in [0.25, 0.3) is 0 Å². The fraction of sp³-hybridized carbons (Fsp3) is 0.609. The van der Waals surface area contributed by atoms with Crippen LogP contribution in [0.1, 0.15) is 38.8 Å². The van der Waals surface area contributed by atoms with Crippen LogP contribution in [-0.4, -0.2) is 70.8 Å². The van der Waals surface area contributed by atoms with Gasteiger partial charge >= 0.3 is 0 Å². The molecule has 8 nitrogen and oxygen atoms in total. The lowest BCUT2D eigenvalue weighted by Crippen LogP contribution is -2.48. The largest absolute Gasteiger partial charge is 0.372 e. The number of imidazole rings is 1. The first kappa shape index (κ1) is 21.6. The van der Waals surface area contributed by atoms with E-state index in [0.717, 1.165) is 49.9 Å². The molecule has 168 valence electrons. The average molecular weight is 426 g/mol. The van der Waals surface area contributed by atoms with Gasteiger partial charge in [-0.25, -0.2) is 9.97 Å². The van der Waals surface area contributed by atoms with Crippen LogP contribution in [0, 0.1) is 5.92 Å². The number of nitrogens with zero attached hydrogens (tertiary/aromatic N) is 6. The number of guanidine groups is 1. The summed E-state index contributed by atoms with van der Waals surface area (Å²) in [5.74, 6) is 2.58. The Balaban J connectivity index is 1.34. The van der Waals surface area contributed by atoms with Crippen molar-refractivity contribution in [3.05, 3.63) is 42.6 Å². The lowest BCUT2D eigenvalue weighted by Gasteiger charge is -2.39. The normalized spacial score (nSPS) is 27.4. The molecule has 2 aliphatic rings. The first-order valence-corrected chi connectivity index (χ1v) is 11.3. The van der Waals surface area contributed by atoms with E-state index in [4.69, 9.17) is 9.72 Å². The third-order valence-electron chi connectivity index (χ3n) is 6.34. The third-order valence-corrected chi connectivity index (χ3v) is 6.34. The van der Waals surface area contributed by atoms with E-state index < -0.39 is 0 Å². The van der Waals surface area contributed by atoms with Crippen LogP contribution in [0.3, 0.4) is 0 Å². The minimum Gasteiger partial charge on any atom is -0.372 e. The van der Waals surface area contributed by atoms with E-state index in [2.05, 4.69) is 68.8 Å². The number of anilines is 1. The highest BCUT2D eigenvalue weighted by atomic mass is 16.5. The van der Waals surface area contributed by atoms with Gasteiger partial charge in [0.25, 0.3) is 0 Å². The highest BCUT2D eigenvalue weighted by molar-refractivity contribution is 5.80. The summed E-state index contributed by atoms with van der Waals surface area (Å²) in [6.07, 6.45) is 9.40. The molecule has 2 saturated heterocycles. The molecular weight excluding hydrogens is 390 g/mol. The van der Waals surface area contributed by atoms with E-state index in [9.17, 15) is 0 Å². The molecule has 2 aliphatic heterocycles. The molecule has 0 saturated carbocycles. The molecule has 0 spiro atoms. The number of aromatic nitrogens is 3. The van der Waals surface area contributed by atoms with E-state index >= 15 is 0 Å². The maximum absolute atomic E-state index is 5.83. The predicted molar refractivity (Wildman–Crippen MR) is 123 cm³/mol. The number of morpholine rings is 1. The molecular formula is C23H35N7O. The van der Waals surface area contributed by atoms with Crippen LogP contribution in [-0.2, 0) is 11.3 Å². The smallest absolute Gasteiger partial charge is 0.193 e. The zero-order chi connectivity index (χ0) is 21.8. The quantitative estimate of drug-likeness (QED) is 0.600. The maximum Gasteiger partial charge on any atom is 0.193 e. The summed E-state index contributed by atoms with van der Waals surface area (Å²) < 4.78 is 8.05. The second kappa shape index (κ2) is 9.68. The maximum atomic E-state index is 5.83. The number of rotatable bonds is 4. The Hall–Kier alpha value is -2.61. The van der Waals surface area contributed by atoms with Crippen molar-refractivity contribution >= 4 is 11.8 Å². The Kier molecular flexibility index (Phi) is 6.75. The van der Waals surface area contributed by atoms with E-state index in [0.29, 0.717) is 18.5 Å². The van der Waals surface area contributed by atoms with E-state index in [1.54, 1.807) is 0 Å². The van der Waals surface area contributed by atoms with Gasteiger partial charge in [-0.1, -0.05) is 13.0 Å². The van der Waals surface area contributed by atoms with Crippen LogP contribution >= 0.6 is 0 Å². The number of nitrogens with one attached hydrogen (secondary N) is 1. The first-order valence-electron chi connectivity index (χ1n) is 11.3. The summed E-state index contributed by atoms with van der Waals surface area (Å²) in [6, 6.07) is 4.68. The molecule has 0 aliphatic carbocycles. The van der Waals surface area contributed by atoms with Gasteiger partial charge in [0.05, 0.1) is 24.6 Å². The molecule has 2 aromatic rings. The van der Waals surface area contributed by atoms with Crippen molar-refractivity contribution in [1.82, 2.24) is 24.8 Å². The predicted octanol–water partition coefficient (Wildman–Crippen LogP) is 2.55. The van der Waals surface area contributed by atoms with Crippen molar-refractivity contribution in [3.63, 3.8) is 0 Å². The van der Waals surface area contributed by atoms with Crippen LogP contribution in [0.15, 0.2) is 42.0 Å². The summed E-state index contributed by atoms with van der Waals surface area (Å²) in [4.78, 5) is 18.1. The van der Waals surface area contributed by atoms with Crippen LogP contribution in [0.4, 0.5) is 5.82 Å². The monoisotopic (exact) mass is 425 g/mol. The van der Waals surface area contributed by atoms with Gasteiger partial charge in [0, 0.05) is 58.4 Å². The minimum absolute atomic E-state index is 0.230. The van der Waals surface area contributed by atoms with Gasteiger partial charge in [-0.05, 0) is 37.8 Å². The molecule has 8 heteroatoms. The molecule has 0 aromatic carbocycles. The Bertz CT molecular complexity index is 841. The number of pyridine rings is 1. The SMILES string of the molecule is CN=C(NCc1ccc(N2CC(C)OC(C)C2)nc1)N1CCC(C)C(n2ccnc2)C1. The third kappa shape index (κ3) is 5.18. The topological polar surface area (TPSA) is 70.8 Å². The average Bonchev–Trinajstić information content (AvgIpc) is 3.29. The van der Waals surface area contributed by atoms with E-state index in [1.807, 2.05) is 25.8 Å². The molecule has 0 amide bonds. The summed E-state index contributed by atoms with van der Waals surface area (Å²) >= 11 is 0. The first-order chi connectivity index (χ1) is 15.0. The summed E-state index contributed by atoms with van der Waals surface area (Å²) in [5.41, 5.74) is 1.15. The van der Waals surface area contributed by atoms with Crippen molar-refractivity contribution in [3.8, 4) is 0 Å². The van der Waals surface area contributed by atoms with Crippen molar-refractivity contribution in [2.45, 2.75) is 52.0 Å². The lowest BCUT2D eigenvalue weighted by molar-refractivity contribution is -0.00545. The summed E-state index contributed by atoms with van der Waals surface area (Å²) in [6.45, 7) is 11.0. The zero-order valence-electron chi connectivity index (χ0n) is 19.1. The Morgan fingerprint density at radius 1 is 1.19 bits per heavy atom. The molecule has 4 atom stereocenters. The number of hydrogen-bond acceptors (Lipinski definition) is 5. The number of piperidine rings is 1. The Morgan fingerprint density at radius 2 is 2.00 bits per heavy atom. The number of ether oxygens (including phenoxy) is 1. The Morgan fingerprint density at radius 3 is 2.65 bits per heavy atom. The molecule has 4 unspecified atom stereocenters. The lowest BCUT2D eigenvalue weighted by atomic mass is 9.93. The zero-order valence-corrected chi connectivity index (χ0v) is 19.1. The van der Waals surface area contributed by atoms with Gasteiger partial charge in [-0.15, -0.1) is 0 Å². The molecule has 0 bridgehead atoms. The van der Waals surface area contributed by atoms with E-state index in [1.165, 1.54) is 0 Å². The van der Waals surface area contributed by atoms with Gasteiger partial charge in [0.15, 0.2) is 5.96 Å². The second-order valence-corrected chi connectivity index (χ2v) is 8.88. The van der Waals surface area contributed by atoms with Crippen molar-refractivity contribution < 1.29 is 4.74 Å². The Labute approximate surface area is 185 Å². The van der Waals surface area contributed by atoms with Gasteiger partial charge < -0.3 is 24.4 Å². The molecule has 2 fully saturated rings. The number of aliphatic imine (C=N–C) groups is 1. The van der Waals surface area contributed by atoms with Gasteiger partial charge in [-0.2, -0.15) is 0 Å². The van der Waals surface area contributed by atoms with Crippen LogP contribution < -0.4 is 10.2 Å². The second-order valence-electron chi connectivity index (χ2n) is 8.88. The summed E-state index contributed by atoms with van der Waals surface area (Å²) in [5, 5.41) is 3.53. The fourth-order valence-corrected chi connectivity index (χ4v) is 4.68. The van der Waals surface area contributed by atoms with Crippen molar-refractivity contribution in [1.29, 1.82) is 0 Å². The highest BCUT2D eigenvalue weighted by Gasteiger charge is 2.29. The van der Waals surface area contributed by atoms with E-state index in [-0.39, 0.29) is 12.2 Å². The van der Waals surface area contributed by atoms with Gasteiger partial charge in [0.1, 0.15) is 5.82 Å². The molecule has 4 heterocycles. The molecule has 0 radical (unpaired) electrons. The standard InChI is InChI=1S/C23H35N7O/c1-17-7-9-28(15-21(17)29-10-8-25-16-29)23(24-4)27-12-20-5-6-22(26-11-20)30-13-18(2)31-19(3)14-30/h5-6,8,10-11,16-19,21H,7,9,12-15H2,1-4H3,(H,24,27).